The summed E-state index contributed by atoms with van der Waals surface area (Å²) in [6, 6.07) is 5.17. The fourth-order valence-corrected chi connectivity index (χ4v) is 2.04. The minimum atomic E-state index is -0.607. The van der Waals surface area contributed by atoms with Crippen LogP contribution in [0.15, 0.2) is 24.3 Å². The van der Waals surface area contributed by atoms with E-state index in [1.165, 1.54) is 6.07 Å². The molecule has 0 saturated heterocycles. The lowest BCUT2D eigenvalue weighted by Crippen LogP contribution is -2.49. The van der Waals surface area contributed by atoms with E-state index >= 15 is 0 Å². The molecule has 0 aliphatic heterocycles. The van der Waals surface area contributed by atoms with Crippen LogP contribution in [0.1, 0.15) is 38.3 Å². The van der Waals surface area contributed by atoms with Gasteiger partial charge in [0, 0.05) is 17.6 Å². The van der Waals surface area contributed by atoms with Gasteiger partial charge in [-0.05, 0) is 32.8 Å². The number of halogens is 1. The second-order valence-corrected chi connectivity index (χ2v) is 5.37. The molecule has 0 bridgehead atoms. The van der Waals surface area contributed by atoms with E-state index in [0.717, 1.165) is 12.8 Å². The summed E-state index contributed by atoms with van der Waals surface area (Å²) in [4.78, 5) is 23.4. The molecule has 1 aliphatic carbocycles. The van der Waals surface area contributed by atoms with E-state index in [1.807, 2.05) is 0 Å². The second kappa shape index (κ2) is 6.67. The van der Waals surface area contributed by atoms with Gasteiger partial charge in [-0.2, -0.15) is 0 Å². The standard InChI is InChI=1S/C15H20FN3O2/c1-9(12-5-3-4-6-13(12)16)17-10(2)14(20)19-15(21)18-11-7-8-11/h3-6,9-11,17H,7-8H2,1-2H3,(H2,18,19,20,21). The van der Waals surface area contributed by atoms with Crippen molar-refractivity contribution in [3.8, 4) is 0 Å². The lowest BCUT2D eigenvalue weighted by atomic mass is 10.1. The first kappa shape index (κ1) is 15.4. The van der Waals surface area contributed by atoms with E-state index in [1.54, 1.807) is 32.0 Å². The summed E-state index contributed by atoms with van der Waals surface area (Å²) in [5.74, 6) is -0.757. The lowest BCUT2D eigenvalue weighted by Gasteiger charge is -2.20. The minimum absolute atomic E-state index is 0.193. The molecular formula is C15H20FN3O2. The first-order valence-corrected chi connectivity index (χ1v) is 7.09. The lowest BCUT2D eigenvalue weighted by molar-refractivity contribution is -0.121. The molecule has 21 heavy (non-hydrogen) atoms. The summed E-state index contributed by atoms with van der Waals surface area (Å²) < 4.78 is 13.6. The monoisotopic (exact) mass is 293 g/mol. The maximum atomic E-state index is 13.6. The van der Waals surface area contributed by atoms with E-state index in [-0.39, 0.29) is 17.9 Å². The number of hydrogen-bond donors (Lipinski definition) is 3. The fourth-order valence-electron chi connectivity index (χ4n) is 2.04. The zero-order valence-electron chi connectivity index (χ0n) is 12.2. The molecule has 0 heterocycles. The zero-order chi connectivity index (χ0) is 15.4. The Kier molecular flexibility index (Phi) is 4.90. The first-order chi connectivity index (χ1) is 9.97. The maximum Gasteiger partial charge on any atom is 0.321 e. The van der Waals surface area contributed by atoms with Gasteiger partial charge in [0.25, 0.3) is 0 Å². The molecule has 1 aromatic rings. The Morgan fingerprint density at radius 1 is 1.24 bits per heavy atom. The van der Waals surface area contributed by atoms with Crippen LogP contribution < -0.4 is 16.0 Å². The molecule has 114 valence electrons. The summed E-state index contributed by atoms with van der Waals surface area (Å²) in [5, 5.41) is 7.93. The molecule has 0 spiro atoms. The van der Waals surface area contributed by atoms with Gasteiger partial charge in [-0.25, -0.2) is 9.18 Å². The van der Waals surface area contributed by atoms with Crippen molar-refractivity contribution < 1.29 is 14.0 Å². The van der Waals surface area contributed by atoms with Crippen LogP contribution in [-0.4, -0.2) is 24.0 Å². The molecule has 2 atom stereocenters. The van der Waals surface area contributed by atoms with Crippen molar-refractivity contribution in [3.05, 3.63) is 35.6 Å². The highest BCUT2D eigenvalue weighted by Crippen LogP contribution is 2.18. The van der Waals surface area contributed by atoms with Crippen LogP contribution in [0, 0.1) is 5.82 Å². The average molecular weight is 293 g/mol. The van der Waals surface area contributed by atoms with Crippen molar-refractivity contribution in [1.29, 1.82) is 0 Å². The molecule has 1 saturated carbocycles. The predicted octanol–water partition coefficient (Wildman–Crippen LogP) is 1.85. The normalized spacial score (nSPS) is 16.9. The number of amides is 3. The number of rotatable bonds is 5. The van der Waals surface area contributed by atoms with Crippen LogP contribution >= 0.6 is 0 Å². The molecular weight excluding hydrogens is 273 g/mol. The molecule has 2 rings (SSSR count). The van der Waals surface area contributed by atoms with Gasteiger partial charge < -0.3 is 5.32 Å². The summed E-state index contributed by atoms with van der Waals surface area (Å²) in [6.07, 6.45) is 1.92. The van der Waals surface area contributed by atoms with Crippen molar-refractivity contribution in [1.82, 2.24) is 16.0 Å². The highest BCUT2D eigenvalue weighted by atomic mass is 19.1. The van der Waals surface area contributed by atoms with Gasteiger partial charge in [-0.1, -0.05) is 18.2 Å². The SMILES string of the molecule is CC(NC(C)c1ccccc1F)C(=O)NC(=O)NC1CC1. The molecule has 5 nitrogen and oxygen atoms in total. The molecule has 3 N–H and O–H groups in total. The highest BCUT2D eigenvalue weighted by molar-refractivity contribution is 5.97. The number of nitrogens with one attached hydrogen (secondary N) is 3. The number of hydrogen-bond acceptors (Lipinski definition) is 3. The third-order valence-electron chi connectivity index (χ3n) is 3.41. The number of imide groups is 1. The molecule has 0 aromatic heterocycles. The fraction of sp³-hybridized carbons (Fsp3) is 0.467. The van der Waals surface area contributed by atoms with Crippen molar-refractivity contribution >= 4 is 11.9 Å². The number of benzene rings is 1. The Balaban J connectivity index is 1.84. The topological polar surface area (TPSA) is 70.2 Å². The van der Waals surface area contributed by atoms with Gasteiger partial charge in [0.2, 0.25) is 5.91 Å². The molecule has 3 amide bonds. The average Bonchev–Trinajstić information content (AvgIpc) is 3.22. The third kappa shape index (κ3) is 4.53. The van der Waals surface area contributed by atoms with Gasteiger partial charge in [-0.15, -0.1) is 0 Å². The summed E-state index contributed by atoms with van der Waals surface area (Å²) >= 11 is 0. The van der Waals surface area contributed by atoms with E-state index in [9.17, 15) is 14.0 Å². The Morgan fingerprint density at radius 3 is 2.52 bits per heavy atom. The van der Waals surface area contributed by atoms with E-state index in [4.69, 9.17) is 0 Å². The van der Waals surface area contributed by atoms with Crippen molar-refractivity contribution in [2.45, 2.75) is 44.8 Å². The van der Waals surface area contributed by atoms with Gasteiger partial charge >= 0.3 is 6.03 Å². The minimum Gasteiger partial charge on any atom is -0.335 e. The van der Waals surface area contributed by atoms with Gasteiger partial charge in [0.15, 0.2) is 0 Å². The molecule has 1 fully saturated rings. The molecule has 0 radical (unpaired) electrons. The maximum absolute atomic E-state index is 13.6. The number of carbonyl (C=O) groups excluding carboxylic acids is 2. The summed E-state index contributed by atoms with van der Waals surface area (Å²) in [7, 11) is 0. The first-order valence-electron chi connectivity index (χ1n) is 7.09. The van der Waals surface area contributed by atoms with Gasteiger partial charge in [-0.3, -0.25) is 15.4 Å². The molecule has 6 heteroatoms. The van der Waals surface area contributed by atoms with E-state index < -0.39 is 18.0 Å². The molecule has 1 aromatic carbocycles. The van der Waals surface area contributed by atoms with E-state index in [0.29, 0.717) is 5.56 Å². The van der Waals surface area contributed by atoms with E-state index in [2.05, 4.69) is 16.0 Å². The second-order valence-electron chi connectivity index (χ2n) is 5.37. The van der Waals surface area contributed by atoms with Crippen molar-refractivity contribution in [2.75, 3.05) is 0 Å². The zero-order valence-corrected chi connectivity index (χ0v) is 12.2. The van der Waals surface area contributed by atoms with Crippen LogP contribution in [0.3, 0.4) is 0 Å². The Bertz CT molecular complexity index is 531. The van der Waals surface area contributed by atoms with Crippen LogP contribution in [-0.2, 0) is 4.79 Å². The number of urea groups is 1. The Morgan fingerprint density at radius 2 is 1.90 bits per heavy atom. The van der Waals surface area contributed by atoms with Crippen LogP contribution in [0.4, 0.5) is 9.18 Å². The largest absolute Gasteiger partial charge is 0.335 e. The summed E-state index contributed by atoms with van der Waals surface area (Å²) in [6.45, 7) is 3.41. The van der Waals surface area contributed by atoms with Crippen molar-refractivity contribution in [2.24, 2.45) is 0 Å². The molecule has 1 aliphatic rings. The summed E-state index contributed by atoms with van der Waals surface area (Å²) in [5.41, 5.74) is 0.486. The van der Waals surface area contributed by atoms with Crippen LogP contribution in [0.25, 0.3) is 0 Å². The van der Waals surface area contributed by atoms with Crippen LogP contribution in [0.5, 0.6) is 0 Å². The Labute approximate surface area is 123 Å². The van der Waals surface area contributed by atoms with Gasteiger partial charge in [0.1, 0.15) is 5.82 Å². The quantitative estimate of drug-likeness (QED) is 0.776. The number of carbonyl (C=O) groups is 2. The Hall–Kier alpha value is -1.95. The highest BCUT2D eigenvalue weighted by Gasteiger charge is 2.25. The predicted molar refractivity (Wildman–Crippen MR) is 77.1 cm³/mol. The van der Waals surface area contributed by atoms with Gasteiger partial charge in [0.05, 0.1) is 6.04 Å². The van der Waals surface area contributed by atoms with Crippen LogP contribution in [0.2, 0.25) is 0 Å². The van der Waals surface area contributed by atoms with Crippen molar-refractivity contribution in [3.63, 3.8) is 0 Å². The smallest absolute Gasteiger partial charge is 0.321 e. The molecule has 2 unspecified atom stereocenters. The third-order valence-corrected chi connectivity index (χ3v) is 3.41.